The summed E-state index contributed by atoms with van der Waals surface area (Å²) in [5.41, 5.74) is 2.36. The molecule has 3 aromatic rings. The lowest BCUT2D eigenvalue weighted by molar-refractivity contribution is -0.109. The largest absolute Gasteiger partial charge is 0.362 e. The molecule has 3 amide bonds. The smallest absolute Gasteiger partial charge is 0.256 e. The summed E-state index contributed by atoms with van der Waals surface area (Å²) in [4.78, 5) is 49.0. The molecule has 1 aromatic heterocycles. The van der Waals surface area contributed by atoms with Gasteiger partial charge in [-0.05, 0) is 55.7 Å². The first kappa shape index (κ1) is 33.6. The van der Waals surface area contributed by atoms with E-state index < -0.39 is 17.3 Å². The number of hydrogen-bond donors (Lipinski definition) is 3. The Bertz CT molecular complexity index is 1370. The van der Waals surface area contributed by atoms with Crippen LogP contribution in [0.1, 0.15) is 54.2 Å². The monoisotopic (exact) mass is 553 g/mol. The number of halogens is 1. The molecule has 0 atom stereocenters. The van der Waals surface area contributed by atoms with Gasteiger partial charge in [0.25, 0.3) is 11.5 Å². The van der Waals surface area contributed by atoms with Crippen LogP contribution in [0, 0.1) is 19.7 Å². The van der Waals surface area contributed by atoms with Gasteiger partial charge in [-0.3, -0.25) is 28.6 Å². The first-order valence-corrected chi connectivity index (χ1v) is 13.1. The quantitative estimate of drug-likeness (QED) is 0.327. The van der Waals surface area contributed by atoms with Crippen molar-refractivity contribution in [2.24, 2.45) is 7.05 Å². The van der Waals surface area contributed by atoms with Crippen LogP contribution in [0.4, 0.5) is 27.3 Å². The van der Waals surface area contributed by atoms with Crippen molar-refractivity contribution in [3.8, 4) is 0 Å². The highest BCUT2D eigenvalue weighted by Gasteiger charge is 2.28. The average Bonchev–Trinajstić information content (AvgIpc) is 2.97. The first-order valence-electron chi connectivity index (χ1n) is 13.1. The van der Waals surface area contributed by atoms with Crippen molar-refractivity contribution >= 4 is 41.6 Å². The van der Waals surface area contributed by atoms with Crippen molar-refractivity contribution in [2.75, 3.05) is 24.3 Å². The van der Waals surface area contributed by atoms with Crippen molar-refractivity contribution in [3.63, 3.8) is 0 Å². The van der Waals surface area contributed by atoms with Crippen LogP contribution in [0.15, 0.2) is 47.3 Å². The minimum Gasteiger partial charge on any atom is -0.362 e. The fourth-order valence-electron chi connectivity index (χ4n) is 3.95. The number of aryl methyl sites for hydroxylation is 2. The number of aromatic nitrogens is 1. The molecule has 0 spiro atoms. The first-order chi connectivity index (χ1) is 19.1. The molecule has 1 heterocycles. The zero-order valence-corrected chi connectivity index (χ0v) is 24.5. The number of amides is 3. The zero-order valence-electron chi connectivity index (χ0n) is 24.5. The van der Waals surface area contributed by atoms with Gasteiger partial charge in [-0.25, -0.2) is 4.39 Å². The second-order valence-corrected chi connectivity index (χ2v) is 8.55. The Morgan fingerprint density at radius 2 is 1.73 bits per heavy atom. The molecular weight excluding hydrogens is 513 g/mol. The number of rotatable bonds is 9. The van der Waals surface area contributed by atoms with Gasteiger partial charge in [-0.15, -0.1) is 0 Å². The van der Waals surface area contributed by atoms with Gasteiger partial charge >= 0.3 is 0 Å². The summed E-state index contributed by atoms with van der Waals surface area (Å²) in [6.45, 7) is 9.38. The lowest BCUT2D eigenvalue weighted by atomic mass is 10.0. The third-order valence-corrected chi connectivity index (χ3v) is 5.81. The Morgan fingerprint density at radius 3 is 2.25 bits per heavy atom. The van der Waals surface area contributed by atoms with Crippen molar-refractivity contribution in [2.45, 2.75) is 47.5 Å². The zero-order chi connectivity index (χ0) is 30.4. The molecule has 3 N–H and O–H groups in total. The van der Waals surface area contributed by atoms with Gasteiger partial charge in [-0.1, -0.05) is 45.4 Å². The topological polar surface area (TPSA) is 113 Å². The highest BCUT2D eigenvalue weighted by Crippen LogP contribution is 2.35. The van der Waals surface area contributed by atoms with Crippen LogP contribution in [-0.2, 0) is 23.1 Å². The third-order valence-electron chi connectivity index (χ3n) is 5.81. The van der Waals surface area contributed by atoms with E-state index in [0.717, 1.165) is 24.0 Å². The lowest BCUT2D eigenvalue weighted by Crippen LogP contribution is -2.33. The van der Waals surface area contributed by atoms with E-state index in [2.05, 4.69) is 22.9 Å². The van der Waals surface area contributed by atoms with E-state index in [0.29, 0.717) is 18.5 Å². The molecule has 2 aromatic carbocycles. The number of anilines is 4. The minimum atomic E-state index is -0.531. The number of nitrogens with zero attached hydrogens (tertiary/aromatic N) is 2. The van der Waals surface area contributed by atoms with Crippen molar-refractivity contribution in [1.29, 1.82) is 0 Å². The van der Waals surface area contributed by atoms with E-state index in [1.54, 1.807) is 33.0 Å². The van der Waals surface area contributed by atoms with Crippen molar-refractivity contribution in [3.05, 3.63) is 80.9 Å². The summed E-state index contributed by atoms with van der Waals surface area (Å²) in [5.74, 6) is -0.985. The molecule has 0 aliphatic heterocycles. The standard InChI is InChI=1S/C26H29FN4O3.C2H5NO.C2H6/c1-6-8-18-9-7-10-19(14-18)31(15-32)23-17(3)26(34)30(5)24(22(23)25(33)28-4)29-21-12-11-16(2)13-20(21)27;1-3-2-4;1-2/h7,9-15,29H,6,8H2,1-5H3,(H,28,33);2H,1H3,(H,3,4);1-2H3. The predicted octanol–water partition coefficient (Wildman–Crippen LogP) is 4.88. The maximum Gasteiger partial charge on any atom is 0.256 e. The SMILES string of the molecule is CC.CCCc1cccc(N(C=O)c2c(C(=O)NC)c(Nc3ccc(C)cc3F)n(C)c(=O)c2C)c1.CNC=O. The van der Waals surface area contributed by atoms with Crippen LogP contribution in [0.3, 0.4) is 0 Å². The Labute approximate surface area is 235 Å². The molecule has 0 radical (unpaired) electrons. The summed E-state index contributed by atoms with van der Waals surface area (Å²) < 4.78 is 15.9. The third kappa shape index (κ3) is 8.02. The molecule has 0 unspecified atom stereocenters. The van der Waals surface area contributed by atoms with Gasteiger partial charge in [0.1, 0.15) is 17.2 Å². The number of benzene rings is 2. The summed E-state index contributed by atoms with van der Waals surface area (Å²) in [5, 5.41) is 7.73. The summed E-state index contributed by atoms with van der Waals surface area (Å²) in [7, 11) is 4.51. The summed E-state index contributed by atoms with van der Waals surface area (Å²) in [6.07, 6.45) is 2.95. The van der Waals surface area contributed by atoms with Crippen LogP contribution in [0.5, 0.6) is 0 Å². The highest BCUT2D eigenvalue weighted by atomic mass is 19.1. The Morgan fingerprint density at radius 1 is 1.07 bits per heavy atom. The number of hydrogen-bond acceptors (Lipinski definition) is 5. The fourth-order valence-corrected chi connectivity index (χ4v) is 3.95. The van der Waals surface area contributed by atoms with Gasteiger partial charge in [-0.2, -0.15) is 0 Å². The van der Waals surface area contributed by atoms with Gasteiger partial charge in [0.2, 0.25) is 12.8 Å². The van der Waals surface area contributed by atoms with Gasteiger partial charge in [0.05, 0.1) is 11.4 Å². The van der Waals surface area contributed by atoms with Crippen molar-refractivity contribution < 1.29 is 18.8 Å². The molecule has 0 saturated heterocycles. The van der Waals surface area contributed by atoms with Gasteiger partial charge in [0, 0.05) is 32.4 Å². The molecular formula is C30H40FN5O4. The average molecular weight is 554 g/mol. The molecule has 40 heavy (non-hydrogen) atoms. The second-order valence-electron chi connectivity index (χ2n) is 8.55. The number of carbonyl (C=O) groups is 3. The Kier molecular flexibility index (Phi) is 13.8. The Balaban J connectivity index is 0.00000122. The van der Waals surface area contributed by atoms with Crippen LogP contribution < -0.4 is 26.4 Å². The fraction of sp³-hybridized carbons (Fsp3) is 0.333. The van der Waals surface area contributed by atoms with Crippen LogP contribution in [-0.4, -0.2) is 37.4 Å². The van der Waals surface area contributed by atoms with E-state index in [1.165, 1.54) is 35.7 Å². The maximum absolute atomic E-state index is 14.7. The molecule has 0 aliphatic rings. The maximum atomic E-state index is 14.7. The van der Waals surface area contributed by atoms with E-state index >= 15 is 0 Å². The molecule has 0 saturated carbocycles. The highest BCUT2D eigenvalue weighted by molar-refractivity contribution is 6.08. The van der Waals surface area contributed by atoms with E-state index in [4.69, 9.17) is 4.79 Å². The van der Waals surface area contributed by atoms with Crippen LogP contribution >= 0.6 is 0 Å². The van der Waals surface area contributed by atoms with Crippen LogP contribution in [0.2, 0.25) is 0 Å². The van der Waals surface area contributed by atoms with Gasteiger partial charge in [0.15, 0.2) is 0 Å². The van der Waals surface area contributed by atoms with Gasteiger partial charge < -0.3 is 16.0 Å². The molecule has 0 fully saturated rings. The molecule has 9 nitrogen and oxygen atoms in total. The molecule has 3 rings (SSSR count). The predicted molar refractivity (Wildman–Crippen MR) is 159 cm³/mol. The van der Waals surface area contributed by atoms with Crippen LogP contribution in [0.25, 0.3) is 0 Å². The summed E-state index contributed by atoms with van der Waals surface area (Å²) in [6, 6.07) is 12.0. The number of nitrogens with one attached hydrogen (secondary N) is 3. The van der Waals surface area contributed by atoms with E-state index in [-0.39, 0.29) is 28.3 Å². The second kappa shape index (κ2) is 16.5. The lowest BCUT2D eigenvalue weighted by Gasteiger charge is -2.26. The summed E-state index contributed by atoms with van der Waals surface area (Å²) >= 11 is 0. The van der Waals surface area contributed by atoms with E-state index in [9.17, 15) is 18.8 Å². The molecule has 0 aliphatic carbocycles. The van der Waals surface area contributed by atoms with Crippen molar-refractivity contribution in [1.82, 2.24) is 15.2 Å². The number of carbonyl (C=O) groups excluding carboxylic acids is 3. The van der Waals surface area contributed by atoms with E-state index in [1.807, 2.05) is 32.0 Å². The minimum absolute atomic E-state index is 0.0510. The molecule has 0 bridgehead atoms. The molecule has 216 valence electrons. The number of pyridine rings is 1. The normalized spacial score (nSPS) is 9.72. The Hall–Kier alpha value is -4.47. The molecule has 10 heteroatoms.